The second-order valence-corrected chi connectivity index (χ2v) is 3.41. The van der Waals surface area contributed by atoms with Gasteiger partial charge in [-0.3, -0.25) is 0 Å². The fourth-order valence-electron chi connectivity index (χ4n) is 1.06. The fourth-order valence-corrected chi connectivity index (χ4v) is 1.06. The molecule has 0 radical (unpaired) electrons. The number of hydrogen-bond acceptors (Lipinski definition) is 3. The summed E-state index contributed by atoms with van der Waals surface area (Å²) >= 11 is 0. The van der Waals surface area contributed by atoms with Gasteiger partial charge in [0.1, 0.15) is 5.76 Å². The van der Waals surface area contributed by atoms with Gasteiger partial charge in [0.2, 0.25) is 0 Å². The number of nitrogens with two attached hydrogens (primary N) is 1. The highest BCUT2D eigenvalue weighted by Gasteiger charge is 2.07. The van der Waals surface area contributed by atoms with Crippen molar-refractivity contribution >= 4 is 6.08 Å². The first-order valence-corrected chi connectivity index (χ1v) is 4.39. The van der Waals surface area contributed by atoms with Gasteiger partial charge in [-0.15, -0.1) is 0 Å². The average molecular weight is 180 g/mol. The van der Waals surface area contributed by atoms with Crippen LogP contribution in [0.25, 0.3) is 6.08 Å². The third kappa shape index (κ3) is 2.18. The van der Waals surface area contributed by atoms with Crippen LogP contribution in [0.4, 0.5) is 0 Å². The zero-order valence-electron chi connectivity index (χ0n) is 8.59. The van der Waals surface area contributed by atoms with Gasteiger partial charge in [-0.2, -0.15) is 0 Å². The molecule has 0 aliphatic rings. The van der Waals surface area contributed by atoms with E-state index in [0.29, 0.717) is 0 Å². The van der Waals surface area contributed by atoms with Crippen LogP contribution < -0.4 is 5.73 Å². The number of aryl methyl sites for hydroxylation is 2. The minimum atomic E-state index is 0.0775. The molecule has 0 bridgehead atoms. The summed E-state index contributed by atoms with van der Waals surface area (Å²) in [4.78, 5) is 0. The summed E-state index contributed by atoms with van der Waals surface area (Å²) in [7, 11) is 0. The smallest absolute Gasteiger partial charge is 0.141 e. The van der Waals surface area contributed by atoms with Crippen molar-refractivity contribution in [3.63, 3.8) is 0 Å². The largest absolute Gasteiger partial charge is 0.361 e. The Morgan fingerprint density at radius 1 is 1.54 bits per heavy atom. The molecule has 1 rings (SSSR count). The molecule has 0 aliphatic carbocycles. The van der Waals surface area contributed by atoms with Gasteiger partial charge in [0.25, 0.3) is 0 Å². The third-order valence-electron chi connectivity index (χ3n) is 2.18. The molecule has 72 valence electrons. The van der Waals surface area contributed by atoms with E-state index in [0.717, 1.165) is 22.6 Å². The summed E-state index contributed by atoms with van der Waals surface area (Å²) in [6.07, 6.45) is 2.03. The van der Waals surface area contributed by atoms with Crippen LogP contribution in [0, 0.1) is 13.8 Å². The van der Waals surface area contributed by atoms with Crippen LogP contribution in [0.5, 0.6) is 0 Å². The molecule has 3 nitrogen and oxygen atoms in total. The monoisotopic (exact) mass is 180 g/mol. The summed E-state index contributed by atoms with van der Waals surface area (Å²) < 4.78 is 5.04. The topological polar surface area (TPSA) is 52.0 Å². The maximum atomic E-state index is 5.73. The van der Waals surface area contributed by atoms with Gasteiger partial charge in [-0.1, -0.05) is 10.7 Å². The standard InChI is InChI=1S/C10H16N2O/c1-6(7(2)11)5-10-8(3)12-13-9(10)4/h5,7H,11H2,1-4H3/b6-5+. The Bertz CT molecular complexity index is 304. The first kappa shape index (κ1) is 9.99. The summed E-state index contributed by atoms with van der Waals surface area (Å²) in [5.74, 6) is 0.845. The van der Waals surface area contributed by atoms with Crippen LogP contribution in [0.3, 0.4) is 0 Å². The van der Waals surface area contributed by atoms with Crippen LogP contribution >= 0.6 is 0 Å². The molecule has 0 amide bonds. The van der Waals surface area contributed by atoms with Crippen molar-refractivity contribution < 1.29 is 4.52 Å². The van der Waals surface area contributed by atoms with E-state index in [1.165, 1.54) is 0 Å². The molecule has 1 aromatic heterocycles. The van der Waals surface area contributed by atoms with Crippen molar-refractivity contribution in [2.75, 3.05) is 0 Å². The highest BCUT2D eigenvalue weighted by atomic mass is 16.5. The first-order chi connectivity index (χ1) is 6.02. The summed E-state index contributed by atoms with van der Waals surface area (Å²) in [6.45, 7) is 7.80. The first-order valence-electron chi connectivity index (χ1n) is 4.39. The molecule has 1 heterocycles. The lowest BCUT2D eigenvalue weighted by Crippen LogP contribution is -2.15. The number of aromatic nitrogens is 1. The maximum Gasteiger partial charge on any atom is 0.141 e. The molecule has 2 N–H and O–H groups in total. The molecule has 3 heteroatoms. The van der Waals surface area contributed by atoms with Crippen molar-refractivity contribution in [2.24, 2.45) is 5.73 Å². The predicted octanol–water partition coefficient (Wildman–Crippen LogP) is 2.04. The average Bonchev–Trinajstić information content (AvgIpc) is 2.35. The Kier molecular flexibility index (Phi) is 2.88. The quantitative estimate of drug-likeness (QED) is 0.757. The van der Waals surface area contributed by atoms with Crippen molar-refractivity contribution in [1.82, 2.24) is 5.16 Å². The minimum Gasteiger partial charge on any atom is -0.361 e. The lowest BCUT2D eigenvalue weighted by atomic mass is 10.1. The normalized spacial score (nSPS) is 14.7. The SMILES string of the molecule is C/C(=C\c1c(C)noc1C)C(C)N. The van der Waals surface area contributed by atoms with Gasteiger partial charge in [-0.05, 0) is 33.8 Å². The van der Waals surface area contributed by atoms with E-state index >= 15 is 0 Å². The number of nitrogens with zero attached hydrogens (tertiary/aromatic N) is 1. The van der Waals surface area contributed by atoms with E-state index in [2.05, 4.69) is 5.16 Å². The Morgan fingerprint density at radius 2 is 2.15 bits per heavy atom. The van der Waals surface area contributed by atoms with Gasteiger partial charge >= 0.3 is 0 Å². The number of hydrogen-bond donors (Lipinski definition) is 1. The highest BCUT2D eigenvalue weighted by Crippen LogP contribution is 2.16. The summed E-state index contributed by atoms with van der Waals surface area (Å²) in [6, 6.07) is 0.0775. The molecule has 0 fully saturated rings. The van der Waals surface area contributed by atoms with E-state index < -0.39 is 0 Å². The Labute approximate surface area is 78.6 Å². The molecule has 0 saturated carbocycles. The predicted molar refractivity (Wildman–Crippen MR) is 53.3 cm³/mol. The van der Waals surface area contributed by atoms with Crippen molar-refractivity contribution in [1.29, 1.82) is 0 Å². The lowest BCUT2D eigenvalue weighted by molar-refractivity contribution is 0.393. The highest BCUT2D eigenvalue weighted by molar-refractivity contribution is 5.56. The molecular formula is C10H16N2O. The fraction of sp³-hybridized carbons (Fsp3) is 0.500. The molecule has 0 aromatic carbocycles. The second kappa shape index (κ2) is 3.75. The molecule has 0 saturated heterocycles. The van der Waals surface area contributed by atoms with Gasteiger partial charge in [0.05, 0.1) is 5.69 Å². The summed E-state index contributed by atoms with van der Waals surface area (Å²) in [5.41, 5.74) is 8.83. The van der Waals surface area contributed by atoms with Crippen LogP contribution in [-0.4, -0.2) is 11.2 Å². The van der Waals surface area contributed by atoms with E-state index in [4.69, 9.17) is 10.3 Å². The molecular weight excluding hydrogens is 164 g/mol. The maximum absolute atomic E-state index is 5.73. The zero-order valence-corrected chi connectivity index (χ0v) is 8.59. The van der Waals surface area contributed by atoms with E-state index in [1.807, 2.05) is 33.8 Å². The van der Waals surface area contributed by atoms with E-state index in [-0.39, 0.29) is 6.04 Å². The molecule has 1 atom stereocenters. The molecule has 0 aliphatic heterocycles. The van der Waals surface area contributed by atoms with Gasteiger partial charge in [0.15, 0.2) is 0 Å². The Balaban J connectivity index is 3.03. The van der Waals surface area contributed by atoms with Crippen molar-refractivity contribution in [3.05, 3.63) is 22.6 Å². The minimum absolute atomic E-state index is 0.0775. The molecule has 13 heavy (non-hydrogen) atoms. The van der Waals surface area contributed by atoms with Gasteiger partial charge < -0.3 is 10.3 Å². The van der Waals surface area contributed by atoms with Crippen molar-refractivity contribution in [3.8, 4) is 0 Å². The van der Waals surface area contributed by atoms with Crippen LogP contribution in [0.1, 0.15) is 30.9 Å². The van der Waals surface area contributed by atoms with Crippen LogP contribution in [-0.2, 0) is 0 Å². The Hall–Kier alpha value is -1.09. The van der Waals surface area contributed by atoms with E-state index in [1.54, 1.807) is 0 Å². The Morgan fingerprint density at radius 3 is 2.54 bits per heavy atom. The van der Waals surface area contributed by atoms with E-state index in [9.17, 15) is 0 Å². The van der Waals surface area contributed by atoms with Gasteiger partial charge in [-0.25, -0.2) is 0 Å². The van der Waals surface area contributed by atoms with Crippen LogP contribution in [0.2, 0.25) is 0 Å². The molecule has 0 spiro atoms. The second-order valence-electron chi connectivity index (χ2n) is 3.41. The molecule has 1 aromatic rings. The third-order valence-corrected chi connectivity index (χ3v) is 2.18. The van der Waals surface area contributed by atoms with Crippen molar-refractivity contribution in [2.45, 2.75) is 33.7 Å². The zero-order chi connectivity index (χ0) is 10.0. The number of rotatable bonds is 2. The van der Waals surface area contributed by atoms with Crippen LogP contribution in [0.15, 0.2) is 10.1 Å². The molecule has 1 unspecified atom stereocenters. The summed E-state index contributed by atoms with van der Waals surface area (Å²) in [5, 5.41) is 3.87. The van der Waals surface area contributed by atoms with Gasteiger partial charge in [0, 0.05) is 11.6 Å². The lowest BCUT2D eigenvalue weighted by Gasteiger charge is -2.04.